The minimum atomic E-state index is -0.672. The fourth-order valence-electron chi connectivity index (χ4n) is 3.11. The molecular weight excluding hydrogens is 238 g/mol. The lowest BCUT2D eigenvalue weighted by molar-refractivity contribution is 0.0840. The van der Waals surface area contributed by atoms with Crippen molar-refractivity contribution in [2.75, 3.05) is 0 Å². The van der Waals surface area contributed by atoms with Crippen LogP contribution in [0.25, 0.3) is 11.3 Å². The summed E-state index contributed by atoms with van der Waals surface area (Å²) in [4.78, 5) is 4.17. The highest BCUT2D eigenvalue weighted by atomic mass is 16.3. The van der Waals surface area contributed by atoms with Crippen LogP contribution in [0.5, 0.6) is 0 Å². The van der Waals surface area contributed by atoms with Crippen molar-refractivity contribution in [3.63, 3.8) is 0 Å². The molecule has 1 saturated carbocycles. The molecule has 4 nitrogen and oxygen atoms in total. The molecule has 1 unspecified atom stereocenters. The minimum Gasteiger partial charge on any atom is -0.389 e. The molecule has 1 aromatic carbocycles. The van der Waals surface area contributed by atoms with E-state index in [9.17, 15) is 10.4 Å². The highest BCUT2D eigenvalue weighted by molar-refractivity contribution is 5.69. The van der Waals surface area contributed by atoms with Crippen molar-refractivity contribution in [3.05, 3.63) is 42.4 Å². The summed E-state index contributed by atoms with van der Waals surface area (Å²) in [5, 5.41) is 20.0. The Balaban J connectivity index is 1.88. The highest BCUT2D eigenvalue weighted by Crippen LogP contribution is 2.54. The lowest BCUT2D eigenvalue weighted by atomic mass is 9.89. The molecule has 1 aliphatic heterocycles. The van der Waals surface area contributed by atoms with Gasteiger partial charge in [-0.3, -0.25) is 0 Å². The molecule has 1 N–H and O–H groups in total. The zero-order valence-corrected chi connectivity index (χ0v) is 10.3. The van der Waals surface area contributed by atoms with Crippen LogP contribution in [0, 0.1) is 16.7 Å². The maximum atomic E-state index is 10.7. The molecule has 2 atom stereocenters. The van der Waals surface area contributed by atoms with Crippen molar-refractivity contribution < 1.29 is 5.11 Å². The number of benzene rings is 1. The molecule has 2 aliphatic rings. The molecule has 2 aromatic rings. The minimum absolute atomic E-state index is 0.184. The molecule has 2 heterocycles. The summed E-state index contributed by atoms with van der Waals surface area (Å²) in [6.07, 6.45) is 4.46. The van der Waals surface area contributed by atoms with Crippen LogP contribution >= 0.6 is 0 Å². The summed E-state index contributed by atoms with van der Waals surface area (Å²) in [5.74, 6) is 0. The zero-order valence-electron chi connectivity index (χ0n) is 10.3. The monoisotopic (exact) mass is 251 g/mol. The summed E-state index contributed by atoms with van der Waals surface area (Å²) in [6.45, 7) is 0. The van der Waals surface area contributed by atoms with Gasteiger partial charge in [0.2, 0.25) is 0 Å². The standard InChI is InChI=1S/C15H13N3O/c16-8-15(5-6-15)14(19)13-11-4-2-1-3-10(11)12-7-17-9-18(12)13/h1-4,7,9,13-14,19H,5-6H2/t13?,14-/m0/s1. The molecule has 0 saturated heterocycles. The number of nitriles is 1. The maximum Gasteiger partial charge on any atom is 0.0975 e. The second kappa shape index (κ2) is 3.46. The zero-order chi connectivity index (χ0) is 13.0. The molecule has 0 radical (unpaired) electrons. The molecule has 1 aliphatic carbocycles. The fourth-order valence-corrected chi connectivity index (χ4v) is 3.11. The Kier molecular flexibility index (Phi) is 1.96. The van der Waals surface area contributed by atoms with Gasteiger partial charge in [0.15, 0.2) is 0 Å². The average Bonchev–Trinajstić information content (AvgIpc) is 3.00. The van der Waals surface area contributed by atoms with E-state index in [-0.39, 0.29) is 6.04 Å². The van der Waals surface area contributed by atoms with Crippen molar-refractivity contribution in [1.82, 2.24) is 9.55 Å². The summed E-state index contributed by atoms with van der Waals surface area (Å²) >= 11 is 0. The van der Waals surface area contributed by atoms with Gasteiger partial charge in [-0.25, -0.2) is 4.98 Å². The quantitative estimate of drug-likeness (QED) is 0.889. The number of aliphatic hydroxyl groups excluding tert-OH is 1. The van der Waals surface area contributed by atoms with E-state index in [0.29, 0.717) is 0 Å². The van der Waals surface area contributed by atoms with Crippen LogP contribution in [0.15, 0.2) is 36.8 Å². The Bertz CT molecular complexity index is 693. The SMILES string of the molecule is N#CC1([C@@H](O)C2c3ccccc3-c3cncn32)CC1. The van der Waals surface area contributed by atoms with Crippen LogP contribution in [-0.2, 0) is 0 Å². The van der Waals surface area contributed by atoms with E-state index in [1.54, 1.807) is 6.33 Å². The topological polar surface area (TPSA) is 61.8 Å². The predicted octanol–water partition coefficient (Wildman–Crippen LogP) is 2.12. The van der Waals surface area contributed by atoms with Gasteiger partial charge in [-0.2, -0.15) is 5.26 Å². The second-order valence-corrected chi connectivity index (χ2v) is 5.43. The van der Waals surface area contributed by atoms with Gasteiger partial charge in [-0.15, -0.1) is 0 Å². The van der Waals surface area contributed by atoms with Crippen LogP contribution in [0.4, 0.5) is 0 Å². The first kappa shape index (κ1) is 10.8. The average molecular weight is 251 g/mol. The Morgan fingerprint density at radius 2 is 2.21 bits per heavy atom. The Morgan fingerprint density at radius 3 is 2.95 bits per heavy atom. The summed E-state index contributed by atoms with van der Waals surface area (Å²) in [7, 11) is 0. The van der Waals surface area contributed by atoms with E-state index in [1.165, 1.54) is 0 Å². The Labute approximate surface area is 110 Å². The van der Waals surface area contributed by atoms with Gasteiger partial charge in [0, 0.05) is 5.56 Å². The van der Waals surface area contributed by atoms with Gasteiger partial charge in [-0.1, -0.05) is 24.3 Å². The third-order valence-electron chi connectivity index (χ3n) is 4.40. The normalized spacial score (nSPS) is 23.3. The number of aliphatic hydroxyl groups is 1. The molecule has 94 valence electrons. The summed E-state index contributed by atoms with van der Waals surface area (Å²) < 4.78 is 1.99. The van der Waals surface area contributed by atoms with Crippen LogP contribution in [0.3, 0.4) is 0 Å². The van der Waals surface area contributed by atoms with Crippen molar-refractivity contribution in [1.29, 1.82) is 5.26 Å². The van der Waals surface area contributed by atoms with Crippen molar-refractivity contribution >= 4 is 0 Å². The third-order valence-corrected chi connectivity index (χ3v) is 4.40. The second-order valence-electron chi connectivity index (χ2n) is 5.43. The predicted molar refractivity (Wildman–Crippen MR) is 69.1 cm³/mol. The maximum absolute atomic E-state index is 10.7. The van der Waals surface area contributed by atoms with E-state index in [2.05, 4.69) is 11.1 Å². The smallest absolute Gasteiger partial charge is 0.0975 e. The lowest BCUT2D eigenvalue weighted by Crippen LogP contribution is -2.30. The van der Waals surface area contributed by atoms with E-state index in [1.807, 2.05) is 35.0 Å². The number of aromatic nitrogens is 2. The van der Waals surface area contributed by atoms with Gasteiger partial charge in [0.25, 0.3) is 0 Å². The van der Waals surface area contributed by atoms with Crippen molar-refractivity contribution in [2.45, 2.75) is 25.0 Å². The number of fused-ring (bicyclic) bond motifs is 3. The summed E-state index contributed by atoms with van der Waals surface area (Å²) in [6, 6.07) is 10.2. The summed E-state index contributed by atoms with van der Waals surface area (Å²) in [5.41, 5.74) is 2.66. The number of hydrogen-bond acceptors (Lipinski definition) is 3. The molecule has 4 rings (SSSR count). The largest absolute Gasteiger partial charge is 0.389 e. The van der Waals surface area contributed by atoms with Gasteiger partial charge in [0.1, 0.15) is 0 Å². The fraction of sp³-hybridized carbons (Fsp3) is 0.333. The van der Waals surface area contributed by atoms with Crippen LogP contribution in [0.2, 0.25) is 0 Å². The van der Waals surface area contributed by atoms with E-state index in [4.69, 9.17) is 0 Å². The van der Waals surface area contributed by atoms with Gasteiger partial charge in [-0.05, 0) is 18.4 Å². The molecule has 1 fully saturated rings. The number of nitrogens with zero attached hydrogens (tertiary/aromatic N) is 3. The van der Waals surface area contributed by atoms with Crippen LogP contribution in [0.1, 0.15) is 24.4 Å². The van der Waals surface area contributed by atoms with E-state index >= 15 is 0 Å². The van der Waals surface area contributed by atoms with E-state index < -0.39 is 11.5 Å². The Hall–Kier alpha value is -2.12. The number of hydrogen-bond donors (Lipinski definition) is 1. The molecular formula is C15H13N3O. The van der Waals surface area contributed by atoms with Gasteiger partial charge < -0.3 is 9.67 Å². The van der Waals surface area contributed by atoms with Gasteiger partial charge in [0.05, 0.1) is 41.8 Å². The first-order valence-corrected chi connectivity index (χ1v) is 6.47. The highest BCUT2D eigenvalue weighted by Gasteiger charge is 2.54. The van der Waals surface area contributed by atoms with Gasteiger partial charge >= 0.3 is 0 Å². The molecule has 1 aromatic heterocycles. The number of rotatable bonds is 2. The van der Waals surface area contributed by atoms with E-state index in [0.717, 1.165) is 29.7 Å². The number of imidazole rings is 1. The van der Waals surface area contributed by atoms with Crippen LogP contribution in [-0.4, -0.2) is 20.8 Å². The molecule has 0 amide bonds. The first-order chi connectivity index (χ1) is 9.27. The van der Waals surface area contributed by atoms with Crippen molar-refractivity contribution in [3.8, 4) is 17.3 Å². The molecule has 4 heteroatoms. The van der Waals surface area contributed by atoms with Crippen LogP contribution < -0.4 is 0 Å². The first-order valence-electron chi connectivity index (χ1n) is 6.47. The van der Waals surface area contributed by atoms with Crippen molar-refractivity contribution in [2.24, 2.45) is 5.41 Å². The lowest BCUT2D eigenvalue weighted by Gasteiger charge is -2.24. The Morgan fingerprint density at radius 1 is 1.42 bits per heavy atom. The molecule has 0 spiro atoms. The molecule has 0 bridgehead atoms. The third kappa shape index (κ3) is 1.28. The molecule has 19 heavy (non-hydrogen) atoms.